The highest BCUT2D eigenvalue weighted by Crippen LogP contribution is 2.18. The van der Waals surface area contributed by atoms with Gasteiger partial charge in [0.05, 0.1) is 6.61 Å². The normalized spacial score (nSPS) is 37.9. The molecule has 3 nitrogen and oxygen atoms in total. The van der Waals surface area contributed by atoms with Crippen LogP contribution in [0.25, 0.3) is 0 Å². The zero-order valence-corrected chi connectivity index (χ0v) is 9.61. The van der Waals surface area contributed by atoms with E-state index in [1.54, 1.807) is 0 Å². The Hall–Kier alpha value is 0.170. The van der Waals surface area contributed by atoms with Crippen molar-refractivity contribution in [3.05, 3.63) is 0 Å². The average Bonchev–Trinajstić information content (AvgIpc) is 2.53. The standard InChI is InChI=1S/C10H20N2O.ClH/c1-8-7-13-10(12-8)5-9-3-2-4-11-6-9;/h8-12H,2-7H2,1H3;1H. The van der Waals surface area contributed by atoms with Crippen molar-refractivity contribution in [2.24, 2.45) is 5.92 Å². The second-order valence-corrected chi connectivity index (χ2v) is 4.34. The maximum absolute atomic E-state index is 5.63. The Morgan fingerprint density at radius 1 is 1.43 bits per heavy atom. The first-order valence-electron chi connectivity index (χ1n) is 5.43. The van der Waals surface area contributed by atoms with Crippen molar-refractivity contribution in [2.45, 2.75) is 38.5 Å². The fraction of sp³-hybridized carbons (Fsp3) is 1.00. The molecule has 2 fully saturated rings. The molecule has 0 aromatic heterocycles. The lowest BCUT2D eigenvalue weighted by molar-refractivity contribution is 0.0748. The van der Waals surface area contributed by atoms with Gasteiger partial charge in [0.25, 0.3) is 0 Å². The Bertz CT molecular complexity index is 159. The summed E-state index contributed by atoms with van der Waals surface area (Å²) in [7, 11) is 0. The van der Waals surface area contributed by atoms with Gasteiger partial charge in [-0.15, -0.1) is 12.4 Å². The molecule has 2 aliphatic heterocycles. The molecule has 2 rings (SSSR count). The second kappa shape index (κ2) is 5.91. The molecule has 4 heteroatoms. The van der Waals surface area contributed by atoms with Gasteiger partial charge in [-0.1, -0.05) is 0 Å². The molecule has 0 amide bonds. The number of halogens is 1. The molecule has 0 aliphatic carbocycles. The highest BCUT2D eigenvalue weighted by atomic mass is 35.5. The van der Waals surface area contributed by atoms with Crippen molar-refractivity contribution < 1.29 is 4.74 Å². The van der Waals surface area contributed by atoms with Gasteiger partial charge in [-0.3, -0.25) is 5.32 Å². The summed E-state index contributed by atoms with van der Waals surface area (Å²) in [5.41, 5.74) is 0. The van der Waals surface area contributed by atoms with E-state index in [-0.39, 0.29) is 12.4 Å². The first kappa shape index (κ1) is 12.2. The number of ether oxygens (including phenoxy) is 1. The van der Waals surface area contributed by atoms with Crippen LogP contribution in [-0.4, -0.2) is 32.0 Å². The summed E-state index contributed by atoms with van der Waals surface area (Å²) in [4.78, 5) is 0. The van der Waals surface area contributed by atoms with Crippen molar-refractivity contribution in [1.82, 2.24) is 10.6 Å². The third-order valence-electron chi connectivity index (χ3n) is 2.96. The van der Waals surface area contributed by atoms with Crippen molar-refractivity contribution in [1.29, 1.82) is 0 Å². The van der Waals surface area contributed by atoms with Crippen LogP contribution in [0.4, 0.5) is 0 Å². The molecular weight excluding hydrogens is 200 g/mol. The first-order chi connectivity index (χ1) is 6.34. The molecule has 0 saturated carbocycles. The minimum absolute atomic E-state index is 0. The minimum atomic E-state index is 0. The zero-order chi connectivity index (χ0) is 9.10. The zero-order valence-electron chi connectivity index (χ0n) is 8.79. The van der Waals surface area contributed by atoms with Crippen LogP contribution in [0.3, 0.4) is 0 Å². The lowest BCUT2D eigenvalue weighted by Crippen LogP contribution is -2.36. The topological polar surface area (TPSA) is 33.3 Å². The van der Waals surface area contributed by atoms with Gasteiger partial charge < -0.3 is 10.1 Å². The maximum Gasteiger partial charge on any atom is 0.108 e. The minimum Gasteiger partial charge on any atom is -0.362 e. The summed E-state index contributed by atoms with van der Waals surface area (Å²) in [5, 5.41) is 6.89. The maximum atomic E-state index is 5.63. The quantitative estimate of drug-likeness (QED) is 0.732. The summed E-state index contributed by atoms with van der Waals surface area (Å²) in [6.45, 7) is 5.44. The summed E-state index contributed by atoms with van der Waals surface area (Å²) in [5.74, 6) is 0.816. The van der Waals surface area contributed by atoms with E-state index in [2.05, 4.69) is 17.6 Å². The molecule has 2 heterocycles. The molecule has 0 aromatic carbocycles. The summed E-state index contributed by atoms with van der Waals surface area (Å²) in [6, 6.07) is 0.543. The van der Waals surface area contributed by atoms with Crippen LogP contribution < -0.4 is 10.6 Å². The van der Waals surface area contributed by atoms with E-state index in [9.17, 15) is 0 Å². The third kappa shape index (κ3) is 3.39. The van der Waals surface area contributed by atoms with E-state index >= 15 is 0 Å². The van der Waals surface area contributed by atoms with Gasteiger partial charge in [0.1, 0.15) is 6.23 Å². The predicted molar refractivity (Wildman–Crippen MR) is 59.8 cm³/mol. The average molecular weight is 221 g/mol. The Balaban J connectivity index is 0.000000980. The van der Waals surface area contributed by atoms with Crippen LogP contribution >= 0.6 is 12.4 Å². The van der Waals surface area contributed by atoms with Gasteiger partial charge in [0.2, 0.25) is 0 Å². The van der Waals surface area contributed by atoms with Gasteiger partial charge in [0.15, 0.2) is 0 Å². The third-order valence-corrected chi connectivity index (χ3v) is 2.96. The predicted octanol–water partition coefficient (Wildman–Crippen LogP) is 1.13. The van der Waals surface area contributed by atoms with E-state index in [0.717, 1.165) is 12.5 Å². The Labute approximate surface area is 92.4 Å². The molecule has 0 bridgehead atoms. The van der Waals surface area contributed by atoms with Crippen molar-refractivity contribution in [3.63, 3.8) is 0 Å². The summed E-state index contributed by atoms with van der Waals surface area (Å²) < 4.78 is 5.63. The number of piperidine rings is 1. The van der Waals surface area contributed by atoms with Crippen LogP contribution in [0.1, 0.15) is 26.2 Å². The summed E-state index contributed by atoms with van der Waals surface area (Å²) in [6.07, 6.45) is 4.19. The van der Waals surface area contributed by atoms with E-state index < -0.39 is 0 Å². The van der Waals surface area contributed by atoms with Crippen LogP contribution in [0.5, 0.6) is 0 Å². The van der Waals surface area contributed by atoms with Crippen LogP contribution in [0.2, 0.25) is 0 Å². The van der Waals surface area contributed by atoms with Crippen LogP contribution in [-0.2, 0) is 4.74 Å². The van der Waals surface area contributed by atoms with Gasteiger partial charge in [0, 0.05) is 6.04 Å². The highest BCUT2D eigenvalue weighted by Gasteiger charge is 2.24. The fourth-order valence-corrected chi connectivity index (χ4v) is 2.24. The lowest BCUT2D eigenvalue weighted by atomic mass is 9.95. The fourth-order valence-electron chi connectivity index (χ4n) is 2.24. The number of hydrogen-bond donors (Lipinski definition) is 2. The number of nitrogens with one attached hydrogen (secondary N) is 2. The van der Waals surface area contributed by atoms with Gasteiger partial charge in [-0.25, -0.2) is 0 Å². The van der Waals surface area contributed by atoms with Gasteiger partial charge in [-0.2, -0.15) is 0 Å². The molecular formula is C10H21ClN2O. The number of rotatable bonds is 2. The monoisotopic (exact) mass is 220 g/mol. The van der Waals surface area contributed by atoms with Crippen molar-refractivity contribution in [2.75, 3.05) is 19.7 Å². The SMILES string of the molecule is CC1COC(CC2CCCNC2)N1.Cl. The first-order valence-corrected chi connectivity index (χ1v) is 5.43. The van der Waals surface area contributed by atoms with Crippen LogP contribution in [0.15, 0.2) is 0 Å². The molecule has 2 aliphatic rings. The number of hydrogen-bond acceptors (Lipinski definition) is 3. The van der Waals surface area contributed by atoms with E-state index in [1.807, 2.05) is 0 Å². The van der Waals surface area contributed by atoms with Crippen LogP contribution in [0, 0.1) is 5.92 Å². The van der Waals surface area contributed by atoms with E-state index in [0.29, 0.717) is 12.3 Å². The lowest BCUT2D eigenvalue weighted by Gasteiger charge is -2.25. The molecule has 0 aromatic rings. The Morgan fingerprint density at radius 3 is 2.86 bits per heavy atom. The van der Waals surface area contributed by atoms with E-state index in [1.165, 1.54) is 32.4 Å². The molecule has 84 valence electrons. The largest absolute Gasteiger partial charge is 0.362 e. The molecule has 3 atom stereocenters. The summed E-state index contributed by atoms with van der Waals surface area (Å²) >= 11 is 0. The molecule has 0 radical (unpaired) electrons. The van der Waals surface area contributed by atoms with Crippen molar-refractivity contribution >= 4 is 12.4 Å². The molecule has 14 heavy (non-hydrogen) atoms. The van der Waals surface area contributed by atoms with Gasteiger partial charge >= 0.3 is 0 Å². The van der Waals surface area contributed by atoms with Gasteiger partial charge in [-0.05, 0) is 45.2 Å². The molecule has 3 unspecified atom stereocenters. The smallest absolute Gasteiger partial charge is 0.108 e. The molecule has 2 saturated heterocycles. The Kier molecular flexibility index (Phi) is 5.17. The molecule has 2 N–H and O–H groups in total. The second-order valence-electron chi connectivity index (χ2n) is 4.34. The van der Waals surface area contributed by atoms with E-state index in [4.69, 9.17) is 4.74 Å². The molecule has 0 spiro atoms. The Morgan fingerprint density at radius 2 is 2.29 bits per heavy atom. The highest BCUT2D eigenvalue weighted by molar-refractivity contribution is 5.85. The van der Waals surface area contributed by atoms with Crippen molar-refractivity contribution in [3.8, 4) is 0 Å².